The number of hydrogen-bond acceptors (Lipinski definition) is 2. The number of para-hydroxylation sites is 1. The van der Waals surface area contributed by atoms with Crippen LogP contribution < -0.4 is 4.74 Å². The van der Waals surface area contributed by atoms with E-state index in [1.807, 2.05) is 35.2 Å². The molecule has 120 valence electrons. The van der Waals surface area contributed by atoms with Crippen molar-refractivity contribution < 1.29 is 9.53 Å². The summed E-state index contributed by atoms with van der Waals surface area (Å²) in [6.45, 7) is 5.13. The van der Waals surface area contributed by atoms with Gasteiger partial charge in [-0.1, -0.05) is 47.5 Å². The Kier molecular flexibility index (Phi) is 4.65. The fourth-order valence-electron chi connectivity index (χ4n) is 3.36. The molecule has 3 rings (SSSR count). The SMILES string of the molecule is Cc1cc(C)cc(C2CCCN2C(=O)COc2ccccc2)c1. The summed E-state index contributed by atoms with van der Waals surface area (Å²) in [6, 6.07) is 16.2. The Balaban J connectivity index is 1.69. The fraction of sp³-hybridized carbons (Fsp3) is 0.350. The van der Waals surface area contributed by atoms with E-state index < -0.39 is 0 Å². The predicted molar refractivity (Wildman–Crippen MR) is 91.5 cm³/mol. The predicted octanol–water partition coefficient (Wildman–Crippen LogP) is 4.05. The van der Waals surface area contributed by atoms with Gasteiger partial charge >= 0.3 is 0 Å². The van der Waals surface area contributed by atoms with Crippen LogP contribution in [0.2, 0.25) is 0 Å². The molecule has 0 radical (unpaired) electrons. The number of rotatable bonds is 4. The van der Waals surface area contributed by atoms with Gasteiger partial charge in [-0.3, -0.25) is 4.79 Å². The molecule has 3 nitrogen and oxygen atoms in total. The standard InChI is InChI=1S/C20H23NO2/c1-15-11-16(2)13-17(12-15)19-9-6-10-21(19)20(22)14-23-18-7-4-3-5-8-18/h3-5,7-8,11-13,19H,6,9-10,14H2,1-2H3. The highest BCUT2D eigenvalue weighted by Gasteiger charge is 2.30. The Morgan fingerprint density at radius 1 is 1.13 bits per heavy atom. The second-order valence-corrected chi connectivity index (χ2v) is 6.27. The van der Waals surface area contributed by atoms with Gasteiger partial charge in [0.2, 0.25) is 0 Å². The fourth-order valence-corrected chi connectivity index (χ4v) is 3.36. The largest absolute Gasteiger partial charge is 0.484 e. The minimum atomic E-state index is 0.0653. The molecule has 0 aromatic heterocycles. The van der Waals surface area contributed by atoms with Crippen LogP contribution in [0, 0.1) is 13.8 Å². The maximum atomic E-state index is 12.6. The number of aryl methyl sites for hydroxylation is 2. The quantitative estimate of drug-likeness (QED) is 0.853. The first-order valence-electron chi connectivity index (χ1n) is 8.19. The first-order valence-corrected chi connectivity index (χ1v) is 8.19. The zero-order chi connectivity index (χ0) is 16.2. The highest BCUT2D eigenvalue weighted by atomic mass is 16.5. The number of likely N-dealkylation sites (tertiary alicyclic amines) is 1. The second-order valence-electron chi connectivity index (χ2n) is 6.27. The van der Waals surface area contributed by atoms with Gasteiger partial charge in [-0.25, -0.2) is 0 Å². The summed E-state index contributed by atoms with van der Waals surface area (Å²) in [6.07, 6.45) is 2.08. The third-order valence-electron chi connectivity index (χ3n) is 4.31. The third-order valence-corrected chi connectivity index (χ3v) is 4.31. The van der Waals surface area contributed by atoms with Crippen molar-refractivity contribution in [2.24, 2.45) is 0 Å². The van der Waals surface area contributed by atoms with E-state index in [0.29, 0.717) is 0 Å². The maximum Gasteiger partial charge on any atom is 0.261 e. The molecule has 1 heterocycles. The van der Waals surface area contributed by atoms with Gasteiger partial charge in [0.05, 0.1) is 6.04 Å². The van der Waals surface area contributed by atoms with Gasteiger partial charge in [0.1, 0.15) is 5.75 Å². The second kappa shape index (κ2) is 6.86. The average molecular weight is 309 g/mol. The van der Waals surface area contributed by atoms with Gasteiger partial charge in [-0.05, 0) is 44.4 Å². The molecule has 0 N–H and O–H groups in total. The van der Waals surface area contributed by atoms with E-state index in [-0.39, 0.29) is 18.6 Å². The van der Waals surface area contributed by atoms with E-state index in [0.717, 1.165) is 25.1 Å². The molecule has 0 bridgehead atoms. The van der Waals surface area contributed by atoms with Crippen LogP contribution in [0.5, 0.6) is 5.75 Å². The summed E-state index contributed by atoms with van der Waals surface area (Å²) in [4.78, 5) is 14.5. The molecule has 1 aliphatic heterocycles. The van der Waals surface area contributed by atoms with Gasteiger partial charge in [-0.15, -0.1) is 0 Å². The molecular weight excluding hydrogens is 286 g/mol. The topological polar surface area (TPSA) is 29.5 Å². The van der Waals surface area contributed by atoms with Crippen molar-refractivity contribution in [2.45, 2.75) is 32.7 Å². The highest BCUT2D eigenvalue weighted by Crippen LogP contribution is 2.33. The first kappa shape index (κ1) is 15.6. The van der Waals surface area contributed by atoms with Crippen molar-refractivity contribution in [3.8, 4) is 5.75 Å². The number of nitrogens with zero attached hydrogens (tertiary/aromatic N) is 1. The monoisotopic (exact) mass is 309 g/mol. The van der Waals surface area contributed by atoms with E-state index in [1.54, 1.807) is 0 Å². The lowest BCUT2D eigenvalue weighted by Gasteiger charge is -2.25. The smallest absolute Gasteiger partial charge is 0.261 e. The molecule has 0 saturated carbocycles. The van der Waals surface area contributed by atoms with Gasteiger partial charge in [0, 0.05) is 6.54 Å². The molecule has 2 aromatic rings. The van der Waals surface area contributed by atoms with Crippen molar-refractivity contribution in [3.05, 3.63) is 65.2 Å². The van der Waals surface area contributed by atoms with Crippen LogP contribution in [0.15, 0.2) is 48.5 Å². The molecule has 1 atom stereocenters. The van der Waals surface area contributed by atoms with Crippen molar-refractivity contribution in [1.29, 1.82) is 0 Å². The zero-order valence-corrected chi connectivity index (χ0v) is 13.8. The summed E-state index contributed by atoms with van der Waals surface area (Å²) < 4.78 is 5.62. The van der Waals surface area contributed by atoms with Crippen molar-refractivity contribution in [2.75, 3.05) is 13.2 Å². The summed E-state index contributed by atoms with van der Waals surface area (Å²) in [5.41, 5.74) is 3.74. The normalized spacial score (nSPS) is 17.3. The lowest BCUT2D eigenvalue weighted by atomic mass is 9.99. The Morgan fingerprint density at radius 2 is 1.83 bits per heavy atom. The van der Waals surface area contributed by atoms with Gasteiger partial charge in [0.15, 0.2) is 6.61 Å². The molecular formula is C20H23NO2. The van der Waals surface area contributed by atoms with Crippen LogP contribution >= 0.6 is 0 Å². The molecule has 1 saturated heterocycles. The molecule has 3 heteroatoms. The summed E-state index contributed by atoms with van der Waals surface area (Å²) in [5.74, 6) is 0.804. The molecule has 0 aliphatic carbocycles. The molecule has 1 fully saturated rings. The zero-order valence-electron chi connectivity index (χ0n) is 13.8. The lowest BCUT2D eigenvalue weighted by Crippen LogP contribution is -2.34. The number of hydrogen-bond donors (Lipinski definition) is 0. The molecule has 1 aliphatic rings. The summed E-state index contributed by atoms with van der Waals surface area (Å²) >= 11 is 0. The van der Waals surface area contributed by atoms with Gasteiger partial charge < -0.3 is 9.64 Å². The van der Waals surface area contributed by atoms with Crippen LogP contribution in [0.1, 0.15) is 35.6 Å². The minimum Gasteiger partial charge on any atom is -0.484 e. The Bertz CT molecular complexity index is 661. The van der Waals surface area contributed by atoms with Gasteiger partial charge in [-0.2, -0.15) is 0 Å². The Hall–Kier alpha value is -2.29. The highest BCUT2D eigenvalue weighted by molar-refractivity contribution is 5.78. The van der Waals surface area contributed by atoms with E-state index in [4.69, 9.17) is 4.74 Å². The van der Waals surface area contributed by atoms with Crippen LogP contribution in [-0.2, 0) is 4.79 Å². The third kappa shape index (κ3) is 3.73. The van der Waals surface area contributed by atoms with Gasteiger partial charge in [0.25, 0.3) is 5.91 Å². The summed E-state index contributed by atoms with van der Waals surface area (Å²) in [7, 11) is 0. The number of ether oxygens (including phenoxy) is 1. The lowest BCUT2D eigenvalue weighted by molar-refractivity contribution is -0.134. The molecule has 1 amide bonds. The average Bonchev–Trinajstić information content (AvgIpc) is 3.02. The van der Waals surface area contributed by atoms with Crippen LogP contribution in [0.4, 0.5) is 0 Å². The molecule has 23 heavy (non-hydrogen) atoms. The van der Waals surface area contributed by atoms with E-state index in [9.17, 15) is 4.79 Å². The van der Waals surface area contributed by atoms with Crippen molar-refractivity contribution in [3.63, 3.8) is 0 Å². The number of benzene rings is 2. The van der Waals surface area contributed by atoms with E-state index in [2.05, 4.69) is 32.0 Å². The van der Waals surface area contributed by atoms with Crippen LogP contribution in [-0.4, -0.2) is 24.0 Å². The molecule has 1 unspecified atom stereocenters. The Labute approximate surface area is 137 Å². The van der Waals surface area contributed by atoms with E-state index >= 15 is 0 Å². The van der Waals surface area contributed by atoms with Crippen molar-refractivity contribution >= 4 is 5.91 Å². The summed E-state index contributed by atoms with van der Waals surface area (Å²) in [5, 5.41) is 0. The minimum absolute atomic E-state index is 0.0653. The first-order chi connectivity index (χ1) is 11.1. The number of carbonyl (C=O) groups excluding carboxylic acids is 1. The van der Waals surface area contributed by atoms with E-state index in [1.165, 1.54) is 16.7 Å². The van der Waals surface area contributed by atoms with Crippen LogP contribution in [0.25, 0.3) is 0 Å². The van der Waals surface area contributed by atoms with Crippen molar-refractivity contribution in [1.82, 2.24) is 4.90 Å². The molecule has 2 aromatic carbocycles. The maximum absolute atomic E-state index is 12.6. The number of amides is 1. The Morgan fingerprint density at radius 3 is 2.52 bits per heavy atom. The molecule has 0 spiro atoms. The van der Waals surface area contributed by atoms with Crippen LogP contribution in [0.3, 0.4) is 0 Å². The number of carbonyl (C=O) groups is 1.